The maximum atomic E-state index is 13.3. The highest BCUT2D eigenvalue weighted by molar-refractivity contribution is 7.92. The van der Waals surface area contributed by atoms with E-state index in [-0.39, 0.29) is 16.9 Å². The Labute approximate surface area is 165 Å². The van der Waals surface area contributed by atoms with E-state index in [9.17, 15) is 22.0 Å². The van der Waals surface area contributed by atoms with Gasteiger partial charge in [0, 0.05) is 17.4 Å². The third kappa shape index (κ3) is 4.88. The number of anilines is 2. The summed E-state index contributed by atoms with van der Waals surface area (Å²) < 4.78 is 59.5. The van der Waals surface area contributed by atoms with Crippen molar-refractivity contribution in [1.29, 1.82) is 0 Å². The molecule has 29 heavy (non-hydrogen) atoms. The fraction of sp³-hybridized carbons (Fsp3) is 0.111. The Morgan fingerprint density at radius 3 is 2.38 bits per heavy atom. The van der Waals surface area contributed by atoms with E-state index in [1.807, 2.05) is 6.92 Å². The van der Waals surface area contributed by atoms with Crippen molar-refractivity contribution in [2.24, 2.45) is 0 Å². The van der Waals surface area contributed by atoms with Gasteiger partial charge in [0.15, 0.2) is 5.03 Å². The van der Waals surface area contributed by atoms with Gasteiger partial charge in [-0.3, -0.25) is 14.6 Å². The van der Waals surface area contributed by atoms with E-state index in [0.717, 1.165) is 18.3 Å². The number of H-pyrrole nitrogens is 1. The van der Waals surface area contributed by atoms with Crippen LogP contribution >= 0.6 is 0 Å². The number of sulfonamides is 1. The Morgan fingerprint density at radius 1 is 1.10 bits per heavy atom. The van der Waals surface area contributed by atoms with Crippen LogP contribution in [-0.2, 0) is 10.0 Å². The van der Waals surface area contributed by atoms with Gasteiger partial charge in [-0.05, 0) is 43.3 Å². The zero-order valence-electron chi connectivity index (χ0n) is 15.1. The van der Waals surface area contributed by atoms with Crippen molar-refractivity contribution in [3.8, 4) is 5.75 Å². The number of aromatic amines is 1. The van der Waals surface area contributed by atoms with Crippen LogP contribution in [0, 0.1) is 11.6 Å². The van der Waals surface area contributed by atoms with Crippen LogP contribution in [0.25, 0.3) is 0 Å². The van der Waals surface area contributed by atoms with E-state index in [0.29, 0.717) is 18.4 Å². The van der Waals surface area contributed by atoms with Gasteiger partial charge in [0.25, 0.3) is 15.9 Å². The van der Waals surface area contributed by atoms with Gasteiger partial charge in [0.2, 0.25) is 0 Å². The molecule has 11 heteroatoms. The van der Waals surface area contributed by atoms with Crippen LogP contribution in [0.1, 0.15) is 17.3 Å². The third-order valence-corrected chi connectivity index (χ3v) is 5.01. The van der Waals surface area contributed by atoms with Crippen molar-refractivity contribution in [2.75, 3.05) is 16.6 Å². The second-order valence-corrected chi connectivity index (χ2v) is 7.41. The number of hydrogen-bond donors (Lipinski definition) is 3. The minimum Gasteiger partial charge on any atom is -0.494 e. The Bertz CT molecular complexity index is 1110. The second kappa shape index (κ2) is 8.27. The number of carbonyl (C=O) groups is 1. The van der Waals surface area contributed by atoms with Gasteiger partial charge in [-0.1, -0.05) is 0 Å². The molecule has 1 amide bonds. The highest BCUT2D eigenvalue weighted by Gasteiger charge is 2.25. The van der Waals surface area contributed by atoms with Crippen molar-refractivity contribution in [2.45, 2.75) is 11.9 Å². The lowest BCUT2D eigenvalue weighted by Gasteiger charge is -2.10. The van der Waals surface area contributed by atoms with Gasteiger partial charge < -0.3 is 10.1 Å². The Morgan fingerprint density at radius 2 is 1.76 bits per heavy atom. The summed E-state index contributed by atoms with van der Waals surface area (Å²) in [5.41, 5.74) is -0.258. The maximum Gasteiger partial charge on any atom is 0.279 e. The van der Waals surface area contributed by atoms with E-state index in [4.69, 9.17) is 4.74 Å². The number of rotatable bonds is 7. The Hall–Kier alpha value is -3.47. The average Bonchev–Trinajstić information content (AvgIpc) is 3.13. The molecule has 0 spiro atoms. The van der Waals surface area contributed by atoms with Crippen LogP contribution in [0.4, 0.5) is 20.2 Å². The lowest BCUT2D eigenvalue weighted by Crippen LogP contribution is -2.20. The summed E-state index contributed by atoms with van der Waals surface area (Å²) in [6.07, 6.45) is 0.998. The molecular weight excluding hydrogens is 406 g/mol. The van der Waals surface area contributed by atoms with Gasteiger partial charge in [-0.25, -0.2) is 8.78 Å². The lowest BCUT2D eigenvalue weighted by atomic mass is 10.2. The first-order chi connectivity index (χ1) is 13.8. The van der Waals surface area contributed by atoms with Crippen LogP contribution in [0.15, 0.2) is 53.7 Å². The summed E-state index contributed by atoms with van der Waals surface area (Å²) in [5, 5.41) is 7.58. The molecule has 0 atom stereocenters. The van der Waals surface area contributed by atoms with E-state index in [2.05, 4.69) is 20.2 Å². The van der Waals surface area contributed by atoms with E-state index in [1.165, 1.54) is 12.1 Å². The molecule has 3 rings (SSSR count). The monoisotopic (exact) mass is 422 g/mol. The molecular formula is C18H16F2N4O4S. The van der Waals surface area contributed by atoms with E-state index < -0.39 is 32.6 Å². The van der Waals surface area contributed by atoms with Crippen molar-refractivity contribution in [3.63, 3.8) is 0 Å². The van der Waals surface area contributed by atoms with Gasteiger partial charge in [-0.2, -0.15) is 13.5 Å². The third-order valence-electron chi connectivity index (χ3n) is 3.66. The minimum absolute atomic E-state index is 0.170. The first-order valence-corrected chi connectivity index (χ1v) is 9.83. The summed E-state index contributed by atoms with van der Waals surface area (Å²) in [6, 6.07) is 8.59. The molecule has 1 heterocycles. The number of nitrogens with one attached hydrogen (secondary N) is 3. The Balaban J connectivity index is 1.81. The van der Waals surface area contributed by atoms with Crippen LogP contribution in [0.5, 0.6) is 5.75 Å². The second-order valence-electron chi connectivity index (χ2n) is 5.79. The van der Waals surface area contributed by atoms with E-state index >= 15 is 0 Å². The number of nitrogens with zero attached hydrogens (tertiary/aromatic N) is 1. The molecule has 0 aliphatic carbocycles. The number of hydrogen-bond acceptors (Lipinski definition) is 5. The first kappa shape index (κ1) is 20.3. The molecule has 2 aromatic carbocycles. The molecule has 0 saturated heterocycles. The van der Waals surface area contributed by atoms with Gasteiger partial charge in [0.1, 0.15) is 17.4 Å². The van der Waals surface area contributed by atoms with Gasteiger partial charge in [0.05, 0.1) is 18.4 Å². The fourth-order valence-electron chi connectivity index (χ4n) is 2.46. The highest BCUT2D eigenvalue weighted by atomic mass is 32.2. The molecule has 3 N–H and O–H groups in total. The molecule has 0 fully saturated rings. The topological polar surface area (TPSA) is 113 Å². The molecule has 1 aromatic heterocycles. The SMILES string of the molecule is CCOc1ccc(NS(=O)(=O)c2[nH]ncc2C(=O)Nc2cc(F)cc(F)c2)cc1. The van der Waals surface area contributed by atoms with Crippen molar-refractivity contribution in [1.82, 2.24) is 10.2 Å². The first-order valence-electron chi connectivity index (χ1n) is 8.35. The number of ether oxygens (including phenoxy) is 1. The highest BCUT2D eigenvalue weighted by Crippen LogP contribution is 2.21. The number of carbonyl (C=O) groups excluding carboxylic acids is 1. The Kier molecular flexibility index (Phi) is 5.78. The normalized spacial score (nSPS) is 11.1. The minimum atomic E-state index is -4.20. The number of benzene rings is 2. The molecule has 3 aromatic rings. The van der Waals surface area contributed by atoms with Crippen LogP contribution in [-0.4, -0.2) is 31.1 Å². The lowest BCUT2D eigenvalue weighted by molar-refractivity contribution is 0.102. The van der Waals surface area contributed by atoms with Crippen molar-refractivity contribution in [3.05, 3.63) is 65.9 Å². The number of amides is 1. The van der Waals surface area contributed by atoms with Crippen molar-refractivity contribution >= 4 is 27.3 Å². The average molecular weight is 422 g/mol. The predicted octanol–water partition coefficient (Wildman–Crippen LogP) is 3.14. The quantitative estimate of drug-likeness (QED) is 0.541. The van der Waals surface area contributed by atoms with Gasteiger partial charge in [-0.15, -0.1) is 0 Å². The summed E-state index contributed by atoms with van der Waals surface area (Å²) in [7, 11) is -4.20. The molecule has 0 aliphatic rings. The summed E-state index contributed by atoms with van der Waals surface area (Å²) in [5.74, 6) is -2.12. The van der Waals surface area contributed by atoms with E-state index in [1.54, 1.807) is 12.1 Å². The zero-order valence-corrected chi connectivity index (χ0v) is 15.9. The summed E-state index contributed by atoms with van der Waals surface area (Å²) in [6.45, 7) is 2.28. The van der Waals surface area contributed by atoms with Crippen LogP contribution in [0.3, 0.4) is 0 Å². The smallest absolute Gasteiger partial charge is 0.279 e. The molecule has 0 radical (unpaired) electrons. The number of aromatic nitrogens is 2. The molecule has 0 saturated carbocycles. The fourth-order valence-corrected chi connectivity index (χ4v) is 3.61. The van der Waals surface area contributed by atoms with Gasteiger partial charge >= 0.3 is 0 Å². The largest absolute Gasteiger partial charge is 0.494 e. The number of halogens is 2. The summed E-state index contributed by atoms with van der Waals surface area (Å²) in [4.78, 5) is 12.4. The van der Waals surface area contributed by atoms with Crippen molar-refractivity contribution < 1.29 is 26.7 Å². The molecule has 0 aliphatic heterocycles. The summed E-state index contributed by atoms with van der Waals surface area (Å²) >= 11 is 0. The maximum absolute atomic E-state index is 13.3. The van der Waals surface area contributed by atoms with Crippen LogP contribution in [0.2, 0.25) is 0 Å². The molecule has 152 valence electrons. The standard InChI is InChI=1S/C18H16F2N4O4S/c1-2-28-15-5-3-13(4-6-15)24-29(26,27)18-16(10-21-23-18)17(25)22-14-8-11(19)7-12(20)9-14/h3-10,24H,2H2,1H3,(H,21,23)(H,22,25). The molecule has 8 nitrogen and oxygen atoms in total. The molecule has 0 unspecified atom stereocenters. The van der Waals surface area contributed by atoms with Crippen LogP contribution < -0.4 is 14.8 Å². The predicted molar refractivity (Wildman–Crippen MR) is 101 cm³/mol. The zero-order chi connectivity index (χ0) is 21.0. The molecule has 0 bridgehead atoms.